The van der Waals surface area contributed by atoms with E-state index in [0.29, 0.717) is 0 Å². The highest BCUT2D eigenvalue weighted by Crippen LogP contribution is 2.24. The van der Waals surface area contributed by atoms with Crippen molar-refractivity contribution in [2.45, 2.75) is 13.5 Å². The van der Waals surface area contributed by atoms with Crippen LogP contribution in [-0.4, -0.2) is 14.1 Å². The molecule has 2 rings (SSSR count). The summed E-state index contributed by atoms with van der Waals surface area (Å²) in [4.78, 5) is 3.29. The molecule has 0 atom stereocenters. The molecule has 0 aliphatic rings. The zero-order valence-corrected chi connectivity index (χ0v) is 11.8. The van der Waals surface area contributed by atoms with Crippen LogP contribution in [0.3, 0.4) is 0 Å². The molecular weight excluding hydrogens is 242 g/mol. The number of nitrogens with zero attached hydrogens (tertiary/aromatic N) is 1. The number of anilines is 3. The minimum absolute atomic E-state index is 0.783. The Morgan fingerprint density at radius 2 is 2.06 bits per heavy atom. The van der Waals surface area contributed by atoms with E-state index in [1.54, 1.807) is 11.3 Å². The number of hydrogen-bond acceptors (Lipinski definition) is 4. The van der Waals surface area contributed by atoms with Gasteiger partial charge in [-0.3, -0.25) is 0 Å². The Labute approximate surface area is 112 Å². The molecule has 0 fully saturated rings. The smallest absolute Gasteiger partial charge is 0.0514 e. The number of nitrogens with one attached hydrogen (secondary N) is 1. The van der Waals surface area contributed by atoms with Crippen molar-refractivity contribution >= 4 is 28.4 Å². The Balaban J connectivity index is 2.08. The first-order chi connectivity index (χ1) is 8.58. The fraction of sp³-hybridized carbons (Fsp3) is 0.286. The van der Waals surface area contributed by atoms with Crippen LogP contribution in [0.25, 0.3) is 0 Å². The number of aryl methyl sites for hydroxylation is 1. The Bertz CT molecular complexity index is 532. The highest BCUT2D eigenvalue weighted by atomic mass is 32.1. The van der Waals surface area contributed by atoms with Crippen molar-refractivity contribution in [1.29, 1.82) is 0 Å². The Kier molecular flexibility index (Phi) is 3.77. The fourth-order valence-corrected chi connectivity index (χ4v) is 2.53. The molecule has 1 aromatic heterocycles. The lowest BCUT2D eigenvalue weighted by Crippen LogP contribution is -2.09. The molecule has 3 N–H and O–H groups in total. The van der Waals surface area contributed by atoms with E-state index in [4.69, 9.17) is 5.73 Å². The SMILES string of the molecule is Cc1cc(N(C)C)ccc1NCc1sccc1N. The predicted molar refractivity (Wildman–Crippen MR) is 81.6 cm³/mol. The molecule has 0 saturated carbocycles. The van der Waals surface area contributed by atoms with Gasteiger partial charge in [-0.15, -0.1) is 11.3 Å². The van der Waals surface area contributed by atoms with E-state index in [9.17, 15) is 0 Å². The van der Waals surface area contributed by atoms with Gasteiger partial charge >= 0.3 is 0 Å². The Morgan fingerprint density at radius 3 is 2.61 bits per heavy atom. The minimum Gasteiger partial charge on any atom is -0.398 e. The second kappa shape index (κ2) is 5.31. The van der Waals surface area contributed by atoms with Crippen LogP contribution in [0, 0.1) is 6.92 Å². The molecule has 0 aliphatic heterocycles. The van der Waals surface area contributed by atoms with Crippen LogP contribution in [0.1, 0.15) is 10.4 Å². The average molecular weight is 261 g/mol. The summed E-state index contributed by atoms with van der Waals surface area (Å²) in [6.45, 7) is 2.90. The summed E-state index contributed by atoms with van der Waals surface area (Å²) in [5.41, 5.74) is 10.4. The molecule has 0 saturated heterocycles. The second-order valence-electron chi connectivity index (χ2n) is 4.55. The van der Waals surface area contributed by atoms with E-state index in [0.717, 1.165) is 17.9 Å². The average Bonchev–Trinajstić information content (AvgIpc) is 2.73. The topological polar surface area (TPSA) is 41.3 Å². The zero-order valence-electron chi connectivity index (χ0n) is 11.0. The van der Waals surface area contributed by atoms with E-state index < -0.39 is 0 Å². The number of hydrogen-bond donors (Lipinski definition) is 2. The summed E-state index contributed by atoms with van der Waals surface area (Å²) in [5, 5.41) is 5.46. The van der Waals surface area contributed by atoms with E-state index in [2.05, 4.69) is 35.3 Å². The number of benzene rings is 1. The summed E-state index contributed by atoms with van der Waals surface area (Å²) in [6, 6.07) is 8.37. The van der Waals surface area contributed by atoms with Crippen LogP contribution in [-0.2, 0) is 6.54 Å². The minimum atomic E-state index is 0.783. The highest BCUT2D eigenvalue weighted by Gasteiger charge is 2.03. The molecule has 4 heteroatoms. The van der Waals surface area contributed by atoms with Gasteiger partial charge < -0.3 is 16.0 Å². The van der Waals surface area contributed by atoms with Crippen LogP contribution in [0.5, 0.6) is 0 Å². The molecule has 2 aromatic rings. The lowest BCUT2D eigenvalue weighted by atomic mass is 10.1. The maximum absolute atomic E-state index is 5.87. The highest BCUT2D eigenvalue weighted by molar-refractivity contribution is 7.10. The Morgan fingerprint density at radius 1 is 1.28 bits per heavy atom. The molecule has 1 aromatic carbocycles. The van der Waals surface area contributed by atoms with Crippen molar-refractivity contribution in [3.63, 3.8) is 0 Å². The number of nitrogens with two attached hydrogens (primary N) is 1. The zero-order chi connectivity index (χ0) is 13.1. The van der Waals surface area contributed by atoms with Gasteiger partial charge in [0.05, 0.1) is 6.54 Å². The van der Waals surface area contributed by atoms with Gasteiger partial charge in [0.2, 0.25) is 0 Å². The van der Waals surface area contributed by atoms with Gasteiger partial charge in [-0.05, 0) is 42.1 Å². The lowest BCUT2D eigenvalue weighted by molar-refractivity contribution is 1.12. The summed E-state index contributed by atoms with van der Waals surface area (Å²) in [7, 11) is 4.10. The van der Waals surface area contributed by atoms with Crippen LogP contribution in [0.15, 0.2) is 29.6 Å². The van der Waals surface area contributed by atoms with E-state index in [-0.39, 0.29) is 0 Å². The first-order valence-electron chi connectivity index (χ1n) is 5.91. The first kappa shape index (κ1) is 12.8. The molecule has 0 radical (unpaired) electrons. The third-order valence-corrected chi connectivity index (χ3v) is 3.88. The van der Waals surface area contributed by atoms with Gasteiger partial charge in [0.1, 0.15) is 0 Å². The van der Waals surface area contributed by atoms with Gasteiger partial charge in [0, 0.05) is 36.0 Å². The number of nitrogen functional groups attached to an aromatic ring is 1. The van der Waals surface area contributed by atoms with Crippen LogP contribution in [0.4, 0.5) is 17.1 Å². The van der Waals surface area contributed by atoms with Crippen molar-refractivity contribution in [3.8, 4) is 0 Å². The van der Waals surface area contributed by atoms with Crippen molar-refractivity contribution in [1.82, 2.24) is 0 Å². The largest absolute Gasteiger partial charge is 0.398 e. The predicted octanol–water partition coefficient (Wildman–Crippen LogP) is 3.32. The fourth-order valence-electron chi connectivity index (χ4n) is 1.79. The molecular formula is C14H19N3S. The van der Waals surface area contributed by atoms with Crippen LogP contribution >= 0.6 is 11.3 Å². The van der Waals surface area contributed by atoms with E-state index in [1.807, 2.05) is 25.5 Å². The Hall–Kier alpha value is -1.68. The summed E-state index contributed by atoms with van der Waals surface area (Å²) in [5.74, 6) is 0. The van der Waals surface area contributed by atoms with Crippen LogP contribution in [0.2, 0.25) is 0 Å². The van der Waals surface area contributed by atoms with Crippen LogP contribution < -0.4 is 16.0 Å². The molecule has 0 bridgehead atoms. The summed E-state index contributed by atoms with van der Waals surface area (Å²) >= 11 is 1.69. The molecule has 18 heavy (non-hydrogen) atoms. The molecule has 0 aliphatic carbocycles. The van der Waals surface area contributed by atoms with Crippen molar-refractivity contribution in [3.05, 3.63) is 40.1 Å². The summed E-state index contributed by atoms with van der Waals surface area (Å²) in [6.07, 6.45) is 0. The van der Waals surface area contributed by atoms with E-state index in [1.165, 1.54) is 16.1 Å². The molecule has 96 valence electrons. The third-order valence-electron chi connectivity index (χ3n) is 2.95. The number of rotatable bonds is 4. The maximum Gasteiger partial charge on any atom is 0.0514 e. The number of thiophene rings is 1. The maximum atomic E-state index is 5.87. The summed E-state index contributed by atoms with van der Waals surface area (Å²) < 4.78 is 0. The molecule has 1 heterocycles. The van der Waals surface area contributed by atoms with Gasteiger partial charge in [-0.2, -0.15) is 0 Å². The van der Waals surface area contributed by atoms with E-state index >= 15 is 0 Å². The van der Waals surface area contributed by atoms with Crippen molar-refractivity contribution in [2.24, 2.45) is 0 Å². The van der Waals surface area contributed by atoms with Crippen molar-refractivity contribution < 1.29 is 0 Å². The quantitative estimate of drug-likeness (QED) is 0.887. The molecule has 0 unspecified atom stereocenters. The van der Waals surface area contributed by atoms with Gasteiger partial charge in [0.15, 0.2) is 0 Å². The molecule has 0 spiro atoms. The van der Waals surface area contributed by atoms with Gasteiger partial charge in [-0.25, -0.2) is 0 Å². The third kappa shape index (κ3) is 2.76. The van der Waals surface area contributed by atoms with Gasteiger partial charge in [0.25, 0.3) is 0 Å². The second-order valence-corrected chi connectivity index (χ2v) is 5.55. The molecule has 0 amide bonds. The lowest BCUT2D eigenvalue weighted by Gasteiger charge is -2.16. The normalized spacial score (nSPS) is 10.4. The monoisotopic (exact) mass is 261 g/mol. The molecule has 3 nitrogen and oxygen atoms in total. The van der Waals surface area contributed by atoms with Crippen molar-refractivity contribution in [2.75, 3.05) is 30.0 Å². The first-order valence-corrected chi connectivity index (χ1v) is 6.79. The van der Waals surface area contributed by atoms with Gasteiger partial charge in [-0.1, -0.05) is 0 Å². The standard InChI is InChI=1S/C14H19N3S/c1-10-8-11(17(2)3)4-5-13(10)16-9-14-12(15)6-7-18-14/h4-8,16H,9,15H2,1-3H3.